The summed E-state index contributed by atoms with van der Waals surface area (Å²) >= 11 is 18.6. The number of hydrogen-bond donors (Lipinski definition) is 0. The van der Waals surface area contributed by atoms with Crippen molar-refractivity contribution in [1.29, 1.82) is 0 Å². The van der Waals surface area contributed by atoms with Gasteiger partial charge in [-0.1, -0.05) is 40.9 Å². The van der Waals surface area contributed by atoms with E-state index in [1.165, 1.54) is 25.1 Å². The molecule has 0 atom stereocenters. The molecule has 204 valence electrons. The van der Waals surface area contributed by atoms with E-state index in [0.717, 1.165) is 0 Å². The number of rotatable bonds is 7. The zero-order chi connectivity index (χ0) is 28.6. The molecule has 3 aromatic rings. The number of anilines is 1. The Morgan fingerprint density at radius 3 is 2.15 bits per heavy atom. The molecule has 5 nitrogen and oxygen atoms in total. The molecule has 0 saturated carbocycles. The van der Waals surface area contributed by atoms with Gasteiger partial charge >= 0.3 is 0 Å². The van der Waals surface area contributed by atoms with Gasteiger partial charge in [0.25, 0.3) is 5.91 Å². The summed E-state index contributed by atoms with van der Waals surface area (Å²) in [5, 5.41) is 4.76. The number of nitrogens with zero attached hydrogens (tertiary/aromatic N) is 2. The third-order valence-corrected chi connectivity index (χ3v) is 6.36. The summed E-state index contributed by atoms with van der Waals surface area (Å²) in [5.41, 5.74) is -0.786. The zero-order valence-electron chi connectivity index (χ0n) is 20.0. The second kappa shape index (κ2) is 11.4. The van der Waals surface area contributed by atoms with E-state index in [-0.39, 0.29) is 46.0 Å². The molecule has 0 aromatic heterocycles. The fourth-order valence-electron chi connectivity index (χ4n) is 3.64. The standard InChI is InChI=1S/C26H16Cl3F5N2O3/c1-3-38-18-8-12(7-17(29)25(18)39-10-13-4-5-14(27)9-16(13)28)6-15-11(2)35-36(26(15)37)24-22(33)20(31)19(30)21(32)23(24)34/h4-9H,3,10H2,1-2H3/b15-6+. The SMILES string of the molecule is CCOc1cc(/C=C2/C(=O)N(c3c(F)c(F)c(F)c(F)c3F)N=C2C)cc(Cl)c1OCc1ccc(Cl)cc1Cl. The fraction of sp³-hybridized carbons (Fsp3) is 0.154. The summed E-state index contributed by atoms with van der Waals surface area (Å²) in [7, 11) is 0. The van der Waals surface area contributed by atoms with E-state index in [1.807, 2.05) is 0 Å². The van der Waals surface area contributed by atoms with E-state index >= 15 is 0 Å². The minimum Gasteiger partial charge on any atom is -0.490 e. The Hall–Kier alpha value is -3.34. The van der Waals surface area contributed by atoms with Crippen molar-refractivity contribution in [3.8, 4) is 11.5 Å². The number of benzene rings is 3. The Morgan fingerprint density at radius 1 is 0.897 bits per heavy atom. The quantitative estimate of drug-likeness (QED) is 0.118. The van der Waals surface area contributed by atoms with E-state index in [4.69, 9.17) is 44.3 Å². The lowest BCUT2D eigenvalue weighted by Gasteiger charge is -2.16. The first-order valence-electron chi connectivity index (χ1n) is 11.1. The molecular weight excluding hydrogens is 590 g/mol. The van der Waals surface area contributed by atoms with Crippen LogP contribution in [0.15, 0.2) is 41.0 Å². The van der Waals surface area contributed by atoms with Gasteiger partial charge in [-0.15, -0.1) is 0 Å². The third-order valence-electron chi connectivity index (χ3n) is 5.49. The summed E-state index contributed by atoms with van der Waals surface area (Å²) in [4.78, 5) is 13.0. The Bertz CT molecular complexity index is 1530. The highest BCUT2D eigenvalue weighted by atomic mass is 35.5. The van der Waals surface area contributed by atoms with Crippen LogP contribution in [0.5, 0.6) is 11.5 Å². The number of carbonyl (C=O) groups is 1. The highest BCUT2D eigenvalue weighted by molar-refractivity contribution is 6.35. The van der Waals surface area contributed by atoms with E-state index in [2.05, 4.69) is 5.10 Å². The van der Waals surface area contributed by atoms with Crippen molar-refractivity contribution in [2.75, 3.05) is 11.6 Å². The third kappa shape index (κ3) is 5.54. The van der Waals surface area contributed by atoms with Crippen LogP contribution in [0.25, 0.3) is 6.08 Å². The largest absolute Gasteiger partial charge is 0.490 e. The van der Waals surface area contributed by atoms with Crippen molar-refractivity contribution in [1.82, 2.24) is 0 Å². The van der Waals surface area contributed by atoms with E-state index in [9.17, 15) is 26.7 Å². The number of amides is 1. The van der Waals surface area contributed by atoms with Crippen LogP contribution in [0.2, 0.25) is 15.1 Å². The first kappa shape index (κ1) is 28.7. The van der Waals surface area contributed by atoms with Crippen LogP contribution in [-0.2, 0) is 11.4 Å². The van der Waals surface area contributed by atoms with Crippen molar-refractivity contribution >= 4 is 58.2 Å². The minimum atomic E-state index is -2.35. The van der Waals surface area contributed by atoms with Crippen molar-refractivity contribution < 1.29 is 36.2 Å². The average Bonchev–Trinajstić information content (AvgIpc) is 3.15. The van der Waals surface area contributed by atoms with E-state index in [0.29, 0.717) is 21.2 Å². The highest BCUT2D eigenvalue weighted by Crippen LogP contribution is 2.39. The maximum absolute atomic E-state index is 14.3. The summed E-state index contributed by atoms with van der Waals surface area (Å²) in [5.74, 6) is -11.9. The summed E-state index contributed by atoms with van der Waals surface area (Å²) < 4.78 is 81.0. The maximum atomic E-state index is 14.3. The molecule has 1 aliphatic heterocycles. The average molecular weight is 606 g/mol. The number of ether oxygens (including phenoxy) is 2. The first-order valence-corrected chi connectivity index (χ1v) is 12.2. The van der Waals surface area contributed by atoms with Crippen molar-refractivity contribution in [3.63, 3.8) is 0 Å². The van der Waals surface area contributed by atoms with Gasteiger partial charge < -0.3 is 9.47 Å². The molecular formula is C26H16Cl3F5N2O3. The lowest BCUT2D eigenvalue weighted by atomic mass is 10.1. The van der Waals surface area contributed by atoms with Gasteiger partial charge in [-0.3, -0.25) is 4.79 Å². The number of halogens is 8. The molecule has 13 heteroatoms. The Morgan fingerprint density at radius 2 is 1.54 bits per heavy atom. The molecule has 0 unspecified atom stereocenters. The summed E-state index contributed by atoms with van der Waals surface area (Å²) in [6, 6.07) is 7.80. The summed E-state index contributed by atoms with van der Waals surface area (Å²) in [6.45, 7) is 3.30. The fourth-order valence-corrected chi connectivity index (χ4v) is 4.38. The van der Waals surface area contributed by atoms with Crippen LogP contribution in [0.3, 0.4) is 0 Å². The molecule has 0 spiro atoms. The van der Waals surface area contributed by atoms with Crippen LogP contribution >= 0.6 is 34.8 Å². The van der Waals surface area contributed by atoms with Gasteiger partial charge in [0.05, 0.1) is 22.9 Å². The molecule has 0 fully saturated rings. The van der Waals surface area contributed by atoms with Crippen LogP contribution < -0.4 is 14.5 Å². The maximum Gasteiger partial charge on any atom is 0.280 e. The van der Waals surface area contributed by atoms with Crippen molar-refractivity contribution in [2.45, 2.75) is 20.5 Å². The molecule has 39 heavy (non-hydrogen) atoms. The molecule has 1 amide bonds. The van der Waals surface area contributed by atoms with Gasteiger partial charge in [-0.05, 0) is 49.8 Å². The normalized spacial score (nSPS) is 14.3. The molecule has 0 N–H and O–H groups in total. The lowest BCUT2D eigenvalue weighted by Crippen LogP contribution is -2.25. The number of hydrazone groups is 1. The second-order valence-corrected chi connectivity index (χ2v) is 9.32. The predicted molar refractivity (Wildman–Crippen MR) is 138 cm³/mol. The zero-order valence-corrected chi connectivity index (χ0v) is 22.3. The lowest BCUT2D eigenvalue weighted by molar-refractivity contribution is -0.114. The minimum absolute atomic E-state index is 0.0252. The molecule has 4 rings (SSSR count). The molecule has 0 aliphatic carbocycles. The Labute approximate surface area is 234 Å². The van der Waals surface area contributed by atoms with Gasteiger partial charge in [-0.25, -0.2) is 22.0 Å². The molecule has 1 heterocycles. The number of carbonyl (C=O) groups excluding carboxylic acids is 1. The second-order valence-electron chi connectivity index (χ2n) is 8.07. The van der Waals surface area contributed by atoms with E-state index in [1.54, 1.807) is 25.1 Å². The molecule has 0 radical (unpaired) electrons. The van der Waals surface area contributed by atoms with E-state index < -0.39 is 40.7 Å². The molecule has 0 bridgehead atoms. The molecule has 1 aliphatic rings. The summed E-state index contributed by atoms with van der Waals surface area (Å²) in [6.07, 6.45) is 1.28. The monoisotopic (exact) mass is 604 g/mol. The van der Waals surface area contributed by atoms with Crippen LogP contribution in [-0.4, -0.2) is 18.2 Å². The van der Waals surface area contributed by atoms with Gasteiger partial charge in [-0.2, -0.15) is 10.1 Å². The number of hydrogen-bond acceptors (Lipinski definition) is 4. The predicted octanol–water partition coefficient (Wildman–Crippen LogP) is 8.13. The van der Waals surface area contributed by atoms with Crippen LogP contribution in [0.4, 0.5) is 27.6 Å². The van der Waals surface area contributed by atoms with Gasteiger partial charge in [0.1, 0.15) is 12.3 Å². The van der Waals surface area contributed by atoms with Crippen molar-refractivity contribution in [3.05, 3.63) is 91.2 Å². The Balaban J connectivity index is 1.67. The van der Waals surface area contributed by atoms with Gasteiger partial charge in [0, 0.05) is 15.6 Å². The smallest absolute Gasteiger partial charge is 0.280 e. The molecule has 3 aromatic carbocycles. The topological polar surface area (TPSA) is 51.1 Å². The van der Waals surface area contributed by atoms with Gasteiger partial charge in [0.15, 0.2) is 34.8 Å². The van der Waals surface area contributed by atoms with Crippen molar-refractivity contribution in [2.24, 2.45) is 5.10 Å². The first-order chi connectivity index (χ1) is 18.4. The molecule has 0 saturated heterocycles. The Kier molecular flexibility index (Phi) is 8.39. The van der Waals surface area contributed by atoms with Gasteiger partial charge in [0.2, 0.25) is 5.82 Å². The highest BCUT2D eigenvalue weighted by Gasteiger charge is 2.37. The van der Waals surface area contributed by atoms with Crippen LogP contribution in [0.1, 0.15) is 25.0 Å². The van der Waals surface area contributed by atoms with Crippen LogP contribution in [0, 0.1) is 29.1 Å².